The maximum absolute atomic E-state index is 11.1. The summed E-state index contributed by atoms with van der Waals surface area (Å²) in [7, 11) is 0. The molecule has 0 fully saturated rings. The van der Waals surface area contributed by atoms with Gasteiger partial charge in [0.25, 0.3) is 5.91 Å². The van der Waals surface area contributed by atoms with Crippen LogP contribution >= 0.6 is 0 Å². The number of hydrogen-bond donors (Lipinski definition) is 4. The summed E-state index contributed by atoms with van der Waals surface area (Å²) in [5.41, 5.74) is 6.02. The van der Waals surface area contributed by atoms with Crippen LogP contribution in [0.2, 0.25) is 0 Å². The van der Waals surface area contributed by atoms with Crippen LogP contribution in [0.3, 0.4) is 0 Å². The summed E-state index contributed by atoms with van der Waals surface area (Å²) in [5.74, 6) is 0.184. The number of fused-ring (bicyclic) bond motifs is 1. The fourth-order valence-electron chi connectivity index (χ4n) is 3.70. The summed E-state index contributed by atoms with van der Waals surface area (Å²) in [6, 6.07) is 26.2. The maximum Gasteiger partial charge on any atom is 0.267 e. The molecule has 33 heavy (non-hydrogen) atoms. The largest absolute Gasteiger partial charge is 0.492 e. The first-order chi connectivity index (χ1) is 16.2. The van der Waals surface area contributed by atoms with Crippen molar-refractivity contribution >= 4 is 22.9 Å². The number of hydrogen-bond acceptors (Lipinski definition) is 4. The van der Waals surface area contributed by atoms with Gasteiger partial charge in [-0.2, -0.15) is 0 Å². The molecule has 6 nitrogen and oxygen atoms in total. The van der Waals surface area contributed by atoms with Gasteiger partial charge in [0, 0.05) is 35.8 Å². The van der Waals surface area contributed by atoms with E-state index in [1.54, 1.807) is 11.6 Å². The summed E-state index contributed by atoms with van der Waals surface area (Å²) in [6.45, 7) is 1.27. The van der Waals surface area contributed by atoms with Gasteiger partial charge in [-0.05, 0) is 47.4 Å². The third-order valence-electron chi connectivity index (χ3n) is 5.45. The Kier molecular flexibility index (Phi) is 7.53. The van der Waals surface area contributed by atoms with E-state index in [0.717, 1.165) is 29.8 Å². The van der Waals surface area contributed by atoms with Crippen molar-refractivity contribution in [2.75, 3.05) is 6.61 Å². The highest BCUT2D eigenvalue weighted by molar-refractivity contribution is 5.90. The van der Waals surface area contributed by atoms with Gasteiger partial charge >= 0.3 is 0 Å². The Hall–Kier alpha value is -3.87. The van der Waals surface area contributed by atoms with Gasteiger partial charge in [-0.15, -0.1) is 0 Å². The predicted molar refractivity (Wildman–Crippen MR) is 130 cm³/mol. The highest BCUT2D eigenvalue weighted by atomic mass is 16.5. The highest BCUT2D eigenvalue weighted by Crippen LogP contribution is 2.20. The van der Waals surface area contributed by atoms with E-state index in [1.807, 2.05) is 48.5 Å². The molecule has 0 radical (unpaired) electrons. The molecule has 6 heteroatoms. The van der Waals surface area contributed by atoms with E-state index >= 15 is 0 Å². The molecule has 168 valence electrons. The molecule has 4 N–H and O–H groups in total. The van der Waals surface area contributed by atoms with E-state index in [4.69, 9.17) is 9.94 Å². The minimum atomic E-state index is -0.570. The van der Waals surface area contributed by atoms with Crippen molar-refractivity contribution in [1.82, 2.24) is 15.8 Å². The number of aromatic nitrogens is 1. The molecule has 0 aliphatic carbocycles. The third-order valence-corrected chi connectivity index (χ3v) is 5.45. The van der Waals surface area contributed by atoms with Gasteiger partial charge in [0.2, 0.25) is 0 Å². The number of rotatable bonds is 10. The van der Waals surface area contributed by atoms with Gasteiger partial charge in [0.15, 0.2) is 0 Å². The normalized spacial score (nSPS) is 12.2. The van der Waals surface area contributed by atoms with Crippen molar-refractivity contribution in [3.8, 4) is 5.75 Å². The van der Waals surface area contributed by atoms with Gasteiger partial charge in [-0.1, -0.05) is 60.7 Å². The molecule has 0 aliphatic heterocycles. The first-order valence-electron chi connectivity index (χ1n) is 10.9. The number of hydroxylamine groups is 1. The second-order valence-corrected chi connectivity index (χ2v) is 7.82. The summed E-state index contributed by atoms with van der Waals surface area (Å²) < 4.78 is 6.10. The topological polar surface area (TPSA) is 86.4 Å². The lowest BCUT2D eigenvalue weighted by Gasteiger charge is -2.20. The van der Waals surface area contributed by atoms with E-state index < -0.39 is 5.91 Å². The van der Waals surface area contributed by atoms with Crippen LogP contribution in [0.4, 0.5) is 0 Å². The Morgan fingerprint density at radius 3 is 2.55 bits per heavy atom. The van der Waals surface area contributed by atoms with Crippen LogP contribution in [0.15, 0.2) is 91.1 Å². The summed E-state index contributed by atoms with van der Waals surface area (Å²) >= 11 is 0. The standard InChI is InChI=1S/C27H27N3O3/c31-27(30-32)15-12-20-10-13-24(14-11-20)33-19-23(28-17-21-6-2-1-3-7-21)16-22-18-29-26-9-5-4-8-25(22)26/h1-15,18,23,28-29,32H,16-17,19H2,(H,30,31)/b15-12+/t23-/m0/s1. The molecule has 4 aromatic rings. The molecule has 0 saturated heterocycles. The van der Waals surface area contributed by atoms with Crippen LogP contribution < -0.4 is 15.5 Å². The first-order valence-corrected chi connectivity index (χ1v) is 10.9. The molecule has 4 rings (SSSR count). The second kappa shape index (κ2) is 11.1. The third kappa shape index (κ3) is 6.32. The molecule has 0 spiro atoms. The fraction of sp³-hybridized carbons (Fsp3) is 0.148. The zero-order valence-corrected chi connectivity index (χ0v) is 18.2. The van der Waals surface area contributed by atoms with Gasteiger partial charge in [0.05, 0.1) is 0 Å². The van der Waals surface area contributed by atoms with Crippen molar-refractivity contribution in [2.45, 2.75) is 19.0 Å². The second-order valence-electron chi connectivity index (χ2n) is 7.82. The van der Waals surface area contributed by atoms with Gasteiger partial charge < -0.3 is 15.0 Å². The Balaban J connectivity index is 1.42. The molecule has 3 aromatic carbocycles. The average molecular weight is 442 g/mol. The van der Waals surface area contributed by atoms with Gasteiger partial charge in [0.1, 0.15) is 12.4 Å². The Labute approximate surface area is 192 Å². The number of carbonyl (C=O) groups is 1. The van der Waals surface area contributed by atoms with Crippen molar-refractivity contribution < 1.29 is 14.7 Å². The Morgan fingerprint density at radius 2 is 1.76 bits per heavy atom. The van der Waals surface area contributed by atoms with E-state index in [0.29, 0.717) is 6.61 Å². The van der Waals surface area contributed by atoms with Gasteiger partial charge in [-0.25, -0.2) is 5.48 Å². The molecule has 1 amide bonds. The van der Waals surface area contributed by atoms with E-state index in [1.165, 1.54) is 22.6 Å². The lowest BCUT2D eigenvalue weighted by molar-refractivity contribution is -0.124. The number of aromatic amines is 1. The highest BCUT2D eigenvalue weighted by Gasteiger charge is 2.14. The first kappa shape index (κ1) is 22.3. The number of ether oxygens (including phenoxy) is 1. The maximum atomic E-state index is 11.1. The van der Waals surface area contributed by atoms with Crippen molar-refractivity contribution in [1.29, 1.82) is 0 Å². The summed E-state index contributed by atoms with van der Waals surface area (Å²) in [6.07, 6.45) is 5.79. The van der Waals surface area contributed by atoms with Crippen molar-refractivity contribution in [2.24, 2.45) is 0 Å². The monoisotopic (exact) mass is 441 g/mol. The quantitative estimate of drug-likeness (QED) is 0.166. The van der Waals surface area contributed by atoms with Gasteiger partial charge in [-0.3, -0.25) is 10.0 Å². The number of benzene rings is 3. The van der Waals surface area contributed by atoms with E-state index in [2.05, 4.69) is 46.8 Å². The van der Waals surface area contributed by atoms with E-state index in [-0.39, 0.29) is 6.04 Å². The zero-order chi connectivity index (χ0) is 22.9. The molecular weight excluding hydrogens is 414 g/mol. The lowest BCUT2D eigenvalue weighted by Crippen LogP contribution is -2.36. The fourth-order valence-corrected chi connectivity index (χ4v) is 3.70. The molecule has 1 atom stereocenters. The number of carbonyl (C=O) groups excluding carboxylic acids is 1. The Bertz CT molecular complexity index is 1200. The molecular formula is C27H27N3O3. The smallest absolute Gasteiger partial charge is 0.267 e. The predicted octanol–water partition coefficient (Wildman–Crippen LogP) is 4.47. The SMILES string of the molecule is O=C(/C=C/c1ccc(OC[C@H](Cc2c[nH]c3ccccc23)NCc2ccccc2)cc1)NO. The minimum absolute atomic E-state index is 0.109. The number of H-pyrrole nitrogens is 1. The molecule has 0 aliphatic rings. The number of amides is 1. The van der Waals surface area contributed by atoms with Crippen LogP contribution in [0, 0.1) is 0 Å². The van der Waals surface area contributed by atoms with Crippen LogP contribution in [0.1, 0.15) is 16.7 Å². The van der Waals surface area contributed by atoms with E-state index in [9.17, 15) is 4.79 Å². The molecule has 0 bridgehead atoms. The molecule has 1 heterocycles. The van der Waals surface area contributed by atoms with Crippen LogP contribution in [0.5, 0.6) is 5.75 Å². The van der Waals surface area contributed by atoms with Crippen LogP contribution in [0.25, 0.3) is 17.0 Å². The molecule has 0 unspecified atom stereocenters. The summed E-state index contributed by atoms with van der Waals surface area (Å²) in [5, 5.41) is 13.4. The lowest BCUT2D eigenvalue weighted by atomic mass is 10.0. The van der Waals surface area contributed by atoms with Crippen molar-refractivity contribution in [3.63, 3.8) is 0 Å². The molecule has 1 aromatic heterocycles. The zero-order valence-electron chi connectivity index (χ0n) is 18.2. The van der Waals surface area contributed by atoms with Crippen molar-refractivity contribution in [3.05, 3.63) is 108 Å². The molecule has 0 saturated carbocycles. The van der Waals surface area contributed by atoms with Crippen LogP contribution in [-0.4, -0.2) is 28.7 Å². The number of para-hydroxylation sites is 1. The minimum Gasteiger partial charge on any atom is -0.492 e. The number of nitrogens with one attached hydrogen (secondary N) is 3. The average Bonchev–Trinajstić information content (AvgIpc) is 3.28. The van der Waals surface area contributed by atoms with Crippen LogP contribution in [-0.2, 0) is 17.8 Å². The Morgan fingerprint density at radius 1 is 1.00 bits per heavy atom. The summed E-state index contributed by atoms with van der Waals surface area (Å²) in [4.78, 5) is 14.5.